The molecule has 0 amide bonds. The standard InChI is InChI=1S/C15H24N2O2S/c1-3-14(15-12(2)7-6-10-16-15)17-20(18,19)11-13-8-4-5-9-13/h6-7,10,13-14,17H,3-5,8-9,11H2,1-2H3/t14-/m1/s1. The maximum Gasteiger partial charge on any atom is 0.212 e. The second-order valence-electron chi connectivity index (χ2n) is 5.72. The quantitative estimate of drug-likeness (QED) is 0.878. The van der Waals surface area contributed by atoms with Crippen LogP contribution in [0, 0.1) is 12.8 Å². The Morgan fingerprint density at radius 1 is 1.40 bits per heavy atom. The molecule has 1 saturated carbocycles. The summed E-state index contributed by atoms with van der Waals surface area (Å²) < 4.78 is 27.4. The number of hydrogen-bond donors (Lipinski definition) is 1. The van der Waals surface area contributed by atoms with Crippen LogP contribution in [-0.2, 0) is 10.0 Å². The Morgan fingerprint density at radius 3 is 2.70 bits per heavy atom. The Kier molecular flexibility index (Phi) is 5.16. The summed E-state index contributed by atoms with van der Waals surface area (Å²) in [4.78, 5) is 4.34. The Morgan fingerprint density at radius 2 is 2.10 bits per heavy atom. The van der Waals surface area contributed by atoms with Gasteiger partial charge >= 0.3 is 0 Å². The lowest BCUT2D eigenvalue weighted by molar-refractivity contribution is 0.521. The fourth-order valence-corrected chi connectivity index (χ4v) is 4.71. The van der Waals surface area contributed by atoms with E-state index in [1.807, 2.05) is 26.0 Å². The molecule has 1 aromatic rings. The number of aromatic nitrogens is 1. The van der Waals surface area contributed by atoms with E-state index < -0.39 is 10.0 Å². The molecule has 1 N–H and O–H groups in total. The number of sulfonamides is 1. The molecule has 0 bridgehead atoms. The van der Waals surface area contributed by atoms with Gasteiger partial charge in [-0.2, -0.15) is 0 Å². The summed E-state index contributed by atoms with van der Waals surface area (Å²) in [5.74, 6) is 0.588. The van der Waals surface area contributed by atoms with Gasteiger partial charge in [0.1, 0.15) is 0 Å². The summed E-state index contributed by atoms with van der Waals surface area (Å²) in [6.45, 7) is 3.95. The Balaban J connectivity index is 2.07. The molecule has 2 rings (SSSR count). The van der Waals surface area contributed by atoms with Gasteiger partial charge in [0, 0.05) is 6.20 Å². The molecular formula is C15H24N2O2S. The highest BCUT2D eigenvalue weighted by Gasteiger charge is 2.25. The van der Waals surface area contributed by atoms with Crippen LogP contribution in [0.1, 0.15) is 56.3 Å². The van der Waals surface area contributed by atoms with E-state index in [-0.39, 0.29) is 11.8 Å². The lowest BCUT2D eigenvalue weighted by Crippen LogP contribution is -2.33. The fourth-order valence-electron chi connectivity index (χ4n) is 2.95. The molecule has 0 saturated heterocycles. The Bertz CT molecular complexity index is 537. The van der Waals surface area contributed by atoms with Crippen LogP contribution in [0.2, 0.25) is 0 Å². The Hall–Kier alpha value is -0.940. The molecule has 1 aliphatic carbocycles. The van der Waals surface area contributed by atoms with Crippen LogP contribution in [0.3, 0.4) is 0 Å². The first-order valence-electron chi connectivity index (χ1n) is 7.43. The van der Waals surface area contributed by atoms with Crippen LogP contribution >= 0.6 is 0 Å². The normalized spacial score (nSPS) is 18.3. The molecule has 1 heterocycles. The zero-order chi connectivity index (χ0) is 14.6. The van der Waals surface area contributed by atoms with Crippen molar-refractivity contribution in [3.8, 4) is 0 Å². The van der Waals surface area contributed by atoms with E-state index in [4.69, 9.17) is 0 Å². The van der Waals surface area contributed by atoms with Crippen molar-refractivity contribution in [2.45, 2.75) is 52.0 Å². The summed E-state index contributed by atoms with van der Waals surface area (Å²) in [6, 6.07) is 3.62. The highest BCUT2D eigenvalue weighted by atomic mass is 32.2. The van der Waals surface area contributed by atoms with Gasteiger partial charge in [-0.25, -0.2) is 13.1 Å². The van der Waals surface area contributed by atoms with Gasteiger partial charge in [0.2, 0.25) is 10.0 Å². The molecule has 0 radical (unpaired) electrons. The van der Waals surface area contributed by atoms with E-state index in [0.717, 1.165) is 36.9 Å². The highest BCUT2D eigenvalue weighted by Crippen LogP contribution is 2.27. The van der Waals surface area contributed by atoms with E-state index in [2.05, 4.69) is 9.71 Å². The predicted octanol–water partition coefficient (Wildman–Crippen LogP) is 2.95. The zero-order valence-electron chi connectivity index (χ0n) is 12.3. The molecule has 4 nitrogen and oxygen atoms in total. The second kappa shape index (κ2) is 6.68. The van der Waals surface area contributed by atoms with Gasteiger partial charge in [0.15, 0.2) is 0 Å². The molecule has 1 fully saturated rings. The maximum absolute atomic E-state index is 12.3. The van der Waals surface area contributed by atoms with Gasteiger partial charge in [-0.05, 0) is 43.7 Å². The van der Waals surface area contributed by atoms with Crippen LogP contribution in [0.25, 0.3) is 0 Å². The summed E-state index contributed by atoms with van der Waals surface area (Å²) in [7, 11) is -3.23. The molecular weight excluding hydrogens is 272 g/mol. The first-order valence-corrected chi connectivity index (χ1v) is 9.08. The lowest BCUT2D eigenvalue weighted by Gasteiger charge is -2.19. The lowest BCUT2D eigenvalue weighted by atomic mass is 10.1. The van der Waals surface area contributed by atoms with E-state index in [9.17, 15) is 8.42 Å². The summed E-state index contributed by atoms with van der Waals surface area (Å²) >= 11 is 0. The van der Waals surface area contributed by atoms with Crippen LogP contribution in [0.4, 0.5) is 0 Å². The van der Waals surface area contributed by atoms with Crippen LogP contribution in [0.5, 0.6) is 0 Å². The van der Waals surface area contributed by atoms with Gasteiger partial charge < -0.3 is 0 Å². The molecule has 20 heavy (non-hydrogen) atoms. The van der Waals surface area contributed by atoms with E-state index >= 15 is 0 Å². The molecule has 0 spiro atoms. The highest BCUT2D eigenvalue weighted by molar-refractivity contribution is 7.89. The van der Waals surface area contributed by atoms with Crippen LogP contribution in [0.15, 0.2) is 18.3 Å². The van der Waals surface area contributed by atoms with Crippen LogP contribution < -0.4 is 4.72 Å². The van der Waals surface area contributed by atoms with Crippen molar-refractivity contribution < 1.29 is 8.42 Å². The summed E-state index contributed by atoms with van der Waals surface area (Å²) in [6.07, 6.45) is 6.84. The third kappa shape index (κ3) is 4.03. The smallest absolute Gasteiger partial charge is 0.212 e. The van der Waals surface area contributed by atoms with Crippen LogP contribution in [-0.4, -0.2) is 19.2 Å². The predicted molar refractivity (Wildman–Crippen MR) is 80.9 cm³/mol. The van der Waals surface area contributed by atoms with Crippen molar-refractivity contribution in [1.82, 2.24) is 9.71 Å². The van der Waals surface area contributed by atoms with Crippen molar-refractivity contribution >= 4 is 10.0 Å². The van der Waals surface area contributed by atoms with Crippen molar-refractivity contribution in [3.63, 3.8) is 0 Å². The summed E-state index contributed by atoms with van der Waals surface area (Å²) in [5, 5.41) is 0. The number of aryl methyl sites for hydroxylation is 1. The molecule has 0 aliphatic heterocycles. The Labute approximate surface area is 122 Å². The van der Waals surface area contributed by atoms with Gasteiger partial charge in [-0.3, -0.25) is 4.98 Å². The minimum absolute atomic E-state index is 0.220. The average Bonchev–Trinajstić information content (AvgIpc) is 2.89. The maximum atomic E-state index is 12.3. The van der Waals surface area contributed by atoms with Crippen molar-refractivity contribution in [2.75, 3.05) is 5.75 Å². The van der Waals surface area contributed by atoms with Gasteiger partial charge in [-0.15, -0.1) is 0 Å². The molecule has 1 aromatic heterocycles. The molecule has 0 unspecified atom stereocenters. The number of nitrogens with one attached hydrogen (secondary N) is 1. The molecule has 0 aromatic carbocycles. The summed E-state index contributed by atoms with van der Waals surface area (Å²) in [5.41, 5.74) is 1.87. The topological polar surface area (TPSA) is 59.1 Å². The van der Waals surface area contributed by atoms with Gasteiger partial charge in [0.25, 0.3) is 0 Å². The second-order valence-corrected chi connectivity index (χ2v) is 7.51. The van der Waals surface area contributed by atoms with Gasteiger partial charge in [-0.1, -0.05) is 25.8 Å². The molecule has 112 valence electrons. The molecule has 1 atom stereocenters. The minimum Gasteiger partial charge on any atom is -0.259 e. The fraction of sp³-hybridized carbons (Fsp3) is 0.667. The van der Waals surface area contributed by atoms with E-state index in [0.29, 0.717) is 12.3 Å². The third-order valence-electron chi connectivity index (χ3n) is 4.04. The largest absolute Gasteiger partial charge is 0.259 e. The van der Waals surface area contributed by atoms with Crippen molar-refractivity contribution in [1.29, 1.82) is 0 Å². The van der Waals surface area contributed by atoms with E-state index in [1.54, 1.807) is 6.20 Å². The molecule has 5 heteroatoms. The third-order valence-corrected chi connectivity index (χ3v) is 5.59. The van der Waals surface area contributed by atoms with Gasteiger partial charge in [0.05, 0.1) is 17.5 Å². The number of pyridine rings is 1. The van der Waals surface area contributed by atoms with Crippen molar-refractivity contribution in [3.05, 3.63) is 29.6 Å². The van der Waals surface area contributed by atoms with Crippen molar-refractivity contribution in [2.24, 2.45) is 5.92 Å². The average molecular weight is 296 g/mol. The molecule has 1 aliphatic rings. The number of hydrogen-bond acceptors (Lipinski definition) is 3. The minimum atomic E-state index is -3.23. The first-order chi connectivity index (χ1) is 9.52. The number of rotatable bonds is 6. The first kappa shape index (κ1) is 15.4. The van der Waals surface area contributed by atoms with E-state index in [1.165, 1.54) is 0 Å². The zero-order valence-corrected chi connectivity index (χ0v) is 13.1. The SMILES string of the molecule is CC[C@@H](NS(=O)(=O)CC1CCCC1)c1ncccc1C. The number of nitrogens with zero attached hydrogens (tertiary/aromatic N) is 1. The monoisotopic (exact) mass is 296 g/mol.